The molecule has 9 heteroatoms. The second-order valence-corrected chi connectivity index (χ2v) is 11.2. The van der Waals surface area contributed by atoms with Crippen molar-refractivity contribution in [3.63, 3.8) is 0 Å². The highest BCUT2D eigenvalue weighted by atomic mass is 16.6. The molecule has 9 nitrogen and oxygen atoms in total. The van der Waals surface area contributed by atoms with E-state index in [2.05, 4.69) is 10.2 Å². The summed E-state index contributed by atoms with van der Waals surface area (Å²) in [4.78, 5) is 26.0. The molecule has 2 heterocycles. The molecule has 214 valence electrons. The maximum atomic E-state index is 12.4. The SMILES string of the molecule is CN1CC(c2cc(-c3cccc([C@@H](CO)NC(=O)OC(C)(C)C)c3)c3occc3c2)Oc2c(CC(=O)O)cccc21. The van der Waals surface area contributed by atoms with E-state index in [9.17, 15) is 19.8 Å². The van der Waals surface area contributed by atoms with Crippen LogP contribution in [0.4, 0.5) is 10.5 Å². The molecule has 1 unspecified atom stereocenters. The van der Waals surface area contributed by atoms with Crippen molar-refractivity contribution in [3.05, 3.63) is 83.6 Å². The molecule has 1 aromatic heterocycles. The number of benzene rings is 3. The molecule has 0 saturated carbocycles. The number of aliphatic carboxylic acids is 1. The fourth-order valence-corrected chi connectivity index (χ4v) is 5.12. The zero-order valence-corrected chi connectivity index (χ0v) is 23.5. The molecule has 0 saturated heterocycles. The molecular weight excluding hydrogens is 524 g/mol. The summed E-state index contributed by atoms with van der Waals surface area (Å²) in [5.74, 6) is -0.348. The van der Waals surface area contributed by atoms with Gasteiger partial charge in [0.25, 0.3) is 0 Å². The lowest BCUT2D eigenvalue weighted by Crippen LogP contribution is -2.36. The maximum Gasteiger partial charge on any atom is 0.408 e. The maximum absolute atomic E-state index is 12.4. The standard InChI is InChI=1S/C32H34N2O7/c1-32(2,3)41-31(38)33-25(18-35)20-8-5-7-19(13-20)24-15-23(14-22-11-12-39-29(22)24)27-17-34(4)26-10-6-9-21(16-28(36)37)30(26)40-27/h5-15,25,27,35H,16-18H2,1-4H3,(H,33,38)(H,36,37)/t25-,27?/m1/s1. The number of nitrogens with zero attached hydrogens (tertiary/aromatic N) is 1. The molecule has 41 heavy (non-hydrogen) atoms. The van der Waals surface area contributed by atoms with Crippen molar-refractivity contribution >= 4 is 28.7 Å². The minimum atomic E-state index is -0.920. The molecule has 4 aromatic rings. The first-order chi connectivity index (χ1) is 19.5. The minimum absolute atomic E-state index is 0.133. The van der Waals surface area contributed by atoms with Crippen molar-refractivity contribution in [1.29, 1.82) is 0 Å². The average Bonchev–Trinajstić information content (AvgIpc) is 3.39. The number of para-hydroxylation sites is 1. The molecule has 1 amide bonds. The quantitative estimate of drug-likeness (QED) is 0.258. The number of carbonyl (C=O) groups is 2. The number of nitrogens with one attached hydrogen (secondary N) is 1. The van der Waals surface area contributed by atoms with Gasteiger partial charge in [0.15, 0.2) is 0 Å². The number of aliphatic hydroxyl groups excluding tert-OH is 1. The Morgan fingerprint density at radius 3 is 2.63 bits per heavy atom. The van der Waals surface area contributed by atoms with Crippen molar-refractivity contribution in [1.82, 2.24) is 5.32 Å². The van der Waals surface area contributed by atoms with Gasteiger partial charge in [-0.2, -0.15) is 0 Å². The van der Waals surface area contributed by atoms with Gasteiger partial charge in [0.2, 0.25) is 0 Å². The second kappa shape index (κ2) is 11.2. The van der Waals surface area contributed by atoms with Gasteiger partial charge in [0.1, 0.15) is 23.0 Å². The number of alkyl carbamates (subject to hydrolysis) is 1. The fourth-order valence-electron chi connectivity index (χ4n) is 5.12. The summed E-state index contributed by atoms with van der Waals surface area (Å²) in [6.45, 7) is 5.60. The van der Waals surface area contributed by atoms with E-state index in [1.54, 1.807) is 33.1 Å². The molecule has 3 aromatic carbocycles. The minimum Gasteiger partial charge on any atom is -0.481 e. The van der Waals surface area contributed by atoms with Gasteiger partial charge in [-0.05, 0) is 67.8 Å². The number of anilines is 1. The Balaban J connectivity index is 1.50. The third-order valence-corrected chi connectivity index (χ3v) is 6.95. The summed E-state index contributed by atoms with van der Waals surface area (Å²) in [6, 6.07) is 18.4. The van der Waals surface area contributed by atoms with Crippen molar-refractivity contribution in [2.45, 2.75) is 44.9 Å². The molecule has 2 atom stereocenters. The van der Waals surface area contributed by atoms with E-state index in [4.69, 9.17) is 13.9 Å². The van der Waals surface area contributed by atoms with Crippen molar-refractivity contribution in [3.8, 4) is 16.9 Å². The second-order valence-electron chi connectivity index (χ2n) is 11.2. The third kappa shape index (κ3) is 6.15. The fraction of sp³-hybridized carbons (Fsp3) is 0.312. The van der Waals surface area contributed by atoms with Crippen LogP contribution in [0.5, 0.6) is 5.75 Å². The lowest BCUT2D eigenvalue weighted by molar-refractivity contribution is -0.136. The van der Waals surface area contributed by atoms with Crippen molar-refractivity contribution in [2.75, 3.05) is 25.1 Å². The lowest BCUT2D eigenvalue weighted by atomic mass is 9.94. The number of carboxylic acids is 1. The third-order valence-electron chi connectivity index (χ3n) is 6.95. The number of ether oxygens (including phenoxy) is 2. The number of aliphatic hydroxyl groups is 1. The average molecular weight is 559 g/mol. The zero-order chi connectivity index (χ0) is 29.3. The topological polar surface area (TPSA) is 121 Å². The number of amides is 1. The monoisotopic (exact) mass is 558 g/mol. The smallest absolute Gasteiger partial charge is 0.408 e. The van der Waals surface area contributed by atoms with E-state index in [0.29, 0.717) is 29.0 Å². The number of likely N-dealkylation sites (N-methyl/N-ethyl adjacent to an activating group) is 1. The first-order valence-electron chi connectivity index (χ1n) is 13.5. The van der Waals surface area contributed by atoms with Crippen LogP contribution in [0.1, 0.15) is 49.6 Å². The normalized spacial score (nSPS) is 15.6. The van der Waals surface area contributed by atoms with E-state index >= 15 is 0 Å². The predicted molar refractivity (Wildman–Crippen MR) is 155 cm³/mol. The molecule has 1 aliphatic heterocycles. The summed E-state index contributed by atoms with van der Waals surface area (Å²) in [7, 11) is 1.96. The predicted octanol–water partition coefficient (Wildman–Crippen LogP) is 5.85. The Hall–Kier alpha value is -4.50. The Kier molecular flexibility index (Phi) is 7.64. The first-order valence-corrected chi connectivity index (χ1v) is 13.5. The number of rotatable bonds is 7. The Morgan fingerprint density at radius 1 is 1.12 bits per heavy atom. The number of hydrogen-bond acceptors (Lipinski definition) is 7. The van der Waals surface area contributed by atoms with Crippen molar-refractivity contribution < 1.29 is 33.7 Å². The Labute approximate surface area is 238 Å². The largest absolute Gasteiger partial charge is 0.481 e. The lowest BCUT2D eigenvalue weighted by Gasteiger charge is -2.35. The molecule has 3 N–H and O–H groups in total. The van der Waals surface area contributed by atoms with Gasteiger partial charge in [-0.1, -0.05) is 30.3 Å². The molecule has 0 spiro atoms. The van der Waals surface area contributed by atoms with Crippen LogP contribution in [0.2, 0.25) is 0 Å². The summed E-state index contributed by atoms with van der Waals surface area (Å²) in [5, 5.41) is 23.1. The van der Waals surface area contributed by atoms with Crippen LogP contribution in [0.25, 0.3) is 22.1 Å². The van der Waals surface area contributed by atoms with Gasteiger partial charge >= 0.3 is 12.1 Å². The zero-order valence-electron chi connectivity index (χ0n) is 23.5. The summed E-state index contributed by atoms with van der Waals surface area (Å²) in [5.41, 5.74) is 4.79. The van der Waals surface area contributed by atoms with Gasteiger partial charge in [-0.3, -0.25) is 4.79 Å². The van der Waals surface area contributed by atoms with E-state index in [1.165, 1.54) is 0 Å². The van der Waals surface area contributed by atoms with Gasteiger partial charge in [-0.15, -0.1) is 0 Å². The molecule has 0 aliphatic carbocycles. The molecule has 0 bridgehead atoms. The highest BCUT2D eigenvalue weighted by Gasteiger charge is 2.29. The van der Waals surface area contributed by atoms with Gasteiger partial charge in [0.05, 0.1) is 37.6 Å². The molecule has 0 radical (unpaired) electrons. The van der Waals surface area contributed by atoms with Crippen LogP contribution in [-0.2, 0) is 16.0 Å². The van der Waals surface area contributed by atoms with E-state index in [-0.39, 0.29) is 19.1 Å². The summed E-state index contributed by atoms with van der Waals surface area (Å²) < 4.78 is 17.7. The van der Waals surface area contributed by atoms with Gasteiger partial charge < -0.3 is 34.3 Å². The number of furan rings is 1. The number of fused-ring (bicyclic) bond motifs is 2. The Morgan fingerprint density at radius 2 is 1.90 bits per heavy atom. The van der Waals surface area contributed by atoms with E-state index in [1.807, 2.05) is 61.6 Å². The van der Waals surface area contributed by atoms with E-state index in [0.717, 1.165) is 27.8 Å². The molecule has 5 rings (SSSR count). The Bertz CT molecular complexity index is 1590. The number of carboxylic acid groups (broad SMARTS) is 1. The summed E-state index contributed by atoms with van der Waals surface area (Å²) >= 11 is 0. The summed E-state index contributed by atoms with van der Waals surface area (Å²) in [6.07, 6.45) is 0.531. The highest BCUT2D eigenvalue weighted by molar-refractivity contribution is 5.93. The van der Waals surface area contributed by atoms with Crippen LogP contribution < -0.4 is 15.0 Å². The first kappa shape index (κ1) is 28.0. The van der Waals surface area contributed by atoms with Crippen LogP contribution in [0, 0.1) is 0 Å². The van der Waals surface area contributed by atoms with Gasteiger partial charge in [-0.25, -0.2) is 4.79 Å². The van der Waals surface area contributed by atoms with Crippen LogP contribution in [0.15, 0.2) is 71.3 Å². The number of carbonyl (C=O) groups excluding carboxylic acids is 1. The molecule has 0 fully saturated rings. The van der Waals surface area contributed by atoms with Gasteiger partial charge in [0, 0.05) is 23.6 Å². The van der Waals surface area contributed by atoms with Crippen LogP contribution in [0.3, 0.4) is 0 Å². The van der Waals surface area contributed by atoms with Crippen molar-refractivity contribution in [2.24, 2.45) is 0 Å². The van der Waals surface area contributed by atoms with Crippen LogP contribution in [-0.4, -0.2) is 48.1 Å². The van der Waals surface area contributed by atoms with E-state index < -0.39 is 23.7 Å². The number of hydrogen-bond donors (Lipinski definition) is 3. The highest BCUT2D eigenvalue weighted by Crippen LogP contribution is 2.42. The molecule has 1 aliphatic rings. The molecular formula is C32H34N2O7. The van der Waals surface area contributed by atoms with Crippen LogP contribution >= 0.6 is 0 Å².